The minimum Gasteiger partial charge on any atom is -0.505 e. The van der Waals surface area contributed by atoms with Gasteiger partial charge in [0.05, 0.1) is 6.04 Å². The average molecular weight is 348 g/mol. The third kappa shape index (κ3) is 3.16. The molecule has 1 saturated heterocycles. The van der Waals surface area contributed by atoms with E-state index in [1.807, 2.05) is 36.5 Å². The highest BCUT2D eigenvalue weighted by atomic mass is 16.3. The van der Waals surface area contributed by atoms with Crippen molar-refractivity contribution in [2.45, 2.75) is 13.0 Å². The van der Waals surface area contributed by atoms with Crippen LogP contribution < -0.4 is 0 Å². The minimum atomic E-state index is -0.0193. The highest BCUT2D eigenvalue weighted by Crippen LogP contribution is 2.37. The van der Waals surface area contributed by atoms with Crippen molar-refractivity contribution in [2.24, 2.45) is 0 Å². The number of aromatic hydroxyl groups is 1. The van der Waals surface area contributed by atoms with E-state index in [0.717, 1.165) is 49.2 Å². The van der Waals surface area contributed by atoms with Crippen molar-refractivity contribution in [2.75, 3.05) is 32.7 Å². The lowest BCUT2D eigenvalue weighted by Gasteiger charge is -2.39. The molecule has 2 aromatic heterocycles. The standard InChI is InChI=1S/C21H24N4O/c1-2-24-11-13-25(14-12-24)20(17-6-3-9-22-15-17)18-8-7-16-5-4-10-23-19(16)21(18)26/h3-10,15,20,26H,2,11-14H2,1H3/t20-/m0/s1. The van der Waals surface area contributed by atoms with Gasteiger partial charge in [-0.05, 0) is 24.2 Å². The first-order chi connectivity index (χ1) is 12.8. The quantitative estimate of drug-likeness (QED) is 0.785. The molecule has 1 aliphatic rings. The molecule has 0 radical (unpaired) electrons. The van der Waals surface area contributed by atoms with Crippen molar-refractivity contribution < 1.29 is 5.11 Å². The third-order valence-corrected chi connectivity index (χ3v) is 5.29. The van der Waals surface area contributed by atoms with Crippen LogP contribution in [0.25, 0.3) is 10.9 Å². The highest BCUT2D eigenvalue weighted by molar-refractivity contribution is 5.85. The number of piperazine rings is 1. The van der Waals surface area contributed by atoms with Gasteiger partial charge >= 0.3 is 0 Å². The second kappa shape index (κ2) is 7.40. The zero-order valence-corrected chi connectivity index (χ0v) is 15.0. The number of fused-ring (bicyclic) bond motifs is 1. The van der Waals surface area contributed by atoms with Crippen LogP contribution in [0.4, 0.5) is 0 Å². The summed E-state index contributed by atoms with van der Waals surface area (Å²) in [6.07, 6.45) is 5.42. The summed E-state index contributed by atoms with van der Waals surface area (Å²) in [5, 5.41) is 11.9. The van der Waals surface area contributed by atoms with Crippen LogP contribution in [0.15, 0.2) is 55.0 Å². The van der Waals surface area contributed by atoms with Crippen LogP contribution in [0, 0.1) is 0 Å². The Morgan fingerprint density at radius 1 is 1.04 bits per heavy atom. The molecule has 1 fully saturated rings. The molecular weight excluding hydrogens is 324 g/mol. The number of hydrogen-bond donors (Lipinski definition) is 1. The van der Waals surface area contributed by atoms with E-state index >= 15 is 0 Å². The van der Waals surface area contributed by atoms with E-state index in [4.69, 9.17) is 0 Å². The Labute approximate surface area is 153 Å². The normalized spacial score (nSPS) is 17.4. The summed E-state index contributed by atoms with van der Waals surface area (Å²) in [6, 6.07) is 12.0. The maximum absolute atomic E-state index is 11.0. The Morgan fingerprint density at radius 3 is 2.58 bits per heavy atom. The number of phenolic OH excluding ortho intramolecular Hbond substituents is 1. The van der Waals surface area contributed by atoms with E-state index in [-0.39, 0.29) is 11.8 Å². The fourth-order valence-corrected chi connectivity index (χ4v) is 3.83. The van der Waals surface area contributed by atoms with Crippen LogP contribution in [0.5, 0.6) is 5.75 Å². The van der Waals surface area contributed by atoms with Gasteiger partial charge in [0.1, 0.15) is 11.3 Å². The third-order valence-electron chi connectivity index (χ3n) is 5.29. The molecule has 0 unspecified atom stereocenters. The molecule has 4 rings (SSSR count). The Balaban J connectivity index is 1.78. The summed E-state index contributed by atoms with van der Waals surface area (Å²) in [5.41, 5.74) is 2.66. The zero-order chi connectivity index (χ0) is 17.9. The number of hydrogen-bond acceptors (Lipinski definition) is 5. The van der Waals surface area contributed by atoms with Crippen LogP contribution >= 0.6 is 0 Å². The first kappa shape index (κ1) is 16.9. The molecule has 0 saturated carbocycles. The van der Waals surface area contributed by atoms with E-state index in [0.29, 0.717) is 5.52 Å². The summed E-state index contributed by atoms with van der Waals surface area (Å²) in [7, 11) is 0. The molecule has 3 aromatic rings. The number of benzene rings is 1. The predicted molar refractivity (Wildman–Crippen MR) is 103 cm³/mol. The number of pyridine rings is 2. The Bertz CT molecular complexity index is 876. The largest absolute Gasteiger partial charge is 0.505 e. The maximum atomic E-state index is 11.0. The van der Waals surface area contributed by atoms with E-state index in [9.17, 15) is 5.11 Å². The molecule has 134 valence electrons. The molecule has 3 heterocycles. The van der Waals surface area contributed by atoms with E-state index < -0.39 is 0 Å². The molecule has 1 aromatic carbocycles. The molecule has 0 spiro atoms. The van der Waals surface area contributed by atoms with Gasteiger partial charge in [-0.15, -0.1) is 0 Å². The molecule has 0 aliphatic carbocycles. The lowest BCUT2D eigenvalue weighted by atomic mass is 9.95. The second-order valence-electron chi connectivity index (χ2n) is 6.74. The Morgan fingerprint density at radius 2 is 1.85 bits per heavy atom. The summed E-state index contributed by atoms with van der Waals surface area (Å²) >= 11 is 0. The molecule has 0 bridgehead atoms. The molecule has 1 N–H and O–H groups in total. The van der Waals surface area contributed by atoms with Crippen molar-refractivity contribution in [3.63, 3.8) is 0 Å². The summed E-state index contributed by atoms with van der Waals surface area (Å²) in [4.78, 5) is 13.6. The molecule has 5 nitrogen and oxygen atoms in total. The fourth-order valence-electron chi connectivity index (χ4n) is 3.83. The van der Waals surface area contributed by atoms with Crippen LogP contribution in [-0.4, -0.2) is 57.6 Å². The van der Waals surface area contributed by atoms with Gasteiger partial charge in [0.2, 0.25) is 0 Å². The number of rotatable bonds is 4. The van der Waals surface area contributed by atoms with E-state index in [1.54, 1.807) is 12.4 Å². The van der Waals surface area contributed by atoms with Gasteiger partial charge in [-0.1, -0.05) is 31.2 Å². The number of nitrogens with zero attached hydrogens (tertiary/aromatic N) is 4. The van der Waals surface area contributed by atoms with Gasteiger partial charge in [-0.25, -0.2) is 0 Å². The van der Waals surface area contributed by atoms with Gasteiger partial charge < -0.3 is 10.0 Å². The lowest BCUT2D eigenvalue weighted by molar-refractivity contribution is 0.112. The van der Waals surface area contributed by atoms with Gasteiger partial charge in [-0.3, -0.25) is 14.9 Å². The van der Waals surface area contributed by atoms with Crippen molar-refractivity contribution in [3.8, 4) is 5.75 Å². The Kier molecular flexibility index (Phi) is 4.82. The summed E-state index contributed by atoms with van der Waals surface area (Å²) < 4.78 is 0. The van der Waals surface area contributed by atoms with Gasteiger partial charge in [0.25, 0.3) is 0 Å². The predicted octanol–water partition coefficient (Wildman–Crippen LogP) is 3.06. The fraction of sp³-hybridized carbons (Fsp3) is 0.333. The molecule has 1 atom stereocenters. The maximum Gasteiger partial charge on any atom is 0.146 e. The summed E-state index contributed by atoms with van der Waals surface area (Å²) in [5.74, 6) is 0.273. The molecule has 1 aliphatic heterocycles. The first-order valence-corrected chi connectivity index (χ1v) is 9.21. The molecular formula is C21H24N4O. The minimum absolute atomic E-state index is 0.0193. The Hall–Kier alpha value is -2.50. The van der Waals surface area contributed by atoms with Crippen LogP contribution in [0.1, 0.15) is 24.1 Å². The van der Waals surface area contributed by atoms with Crippen molar-refractivity contribution in [1.29, 1.82) is 0 Å². The molecule has 0 amide bonds. The van der Waals surface area contributed by atoms with Crippen LogP contribution in [0.2, 0.25) is 0 Å². The smallest absolute Gasteiger partial charge is 0.146 e. The van der Waals surface area contributed by atoms with E-state index in [1.165, 1.54) is 0 Å². The van der Waals surface area contributed by atoms with Gasteiger partial charge in [0.15, 0.2) is 0 Å². The highest BCUT2D eigenvalue weighted by Gasteiger charge is 2.28. The molecule has 5 heteroatoms. The van der Waals surface area contributed by atoms with E-state index in [2.05, 4.69) is 32.8 Å². The van der Waals surface area contributed by atoms with Crippen molar-refractivity contribution in [1.82, 2.24) is 19.8 Å². The lowest BCUT2D eigenvalue weighted by Crippen LogP contribution is -2.47. The topological polar surface area (TPSA) is 52.5 Å². The SMILES string of the molecule is CCN1CCN([C@@H](c2cccnc2)c2ccc3cccnc3c2O)CC1. The first-order valence-electron chi connectivity index (χ1n) is 9.21. The van der Waals surface area contributed by atoms with Gasteiger partial charge in [0, 0.05) is 55.7 Å². The van der Waals surface area contributed by atoms with Crippen molar-refractivity contribution in [3.05, 3.63) is 66.1 Å². The summed E-state index contributed by atoms with van der Waals surface area (Å²) in [6.45, 7) is 7.30. The number of phenols is 1. The number of aromatic nitrogens is 2. The average Bonchev–Trinajstić information content (AvgIpc) is 2.71. The van der Waals surface area contributed by atoms with Crippen molar-refractivity contribution >= 4 is 10.9 Å². The van der Waals surface area contributed by atoms with Crippen LogP contribution in [-0.2, 0) is 0 Å². The second-order valence-corrected chi connectivity index (χ2v) is 6.74. The monoisotopic (exact) mass is 348 g/mol. The molecule has 26 heavy (non-hydrogen) atoms. The number of likely N-dealkylation sites (N-methyl/N-ethyl adjacent to an activating group) is 1. The van der Waals surface area contributed by atoms with Crippen LogP contribution in [0.3, 0.4) is 0 Å². The zero-order valence-electron chi connectivity index (χ0n) is 15.0. The van der Waals surface area contributed by atoms with Gasteiger partial charge in [-0.2, -0.15) is 0 Å².